The van der Waals surface area contributed by atoms with Crippen molar-refractivity contribution in [1.29, 1.82) is 5.26 Å². The molecule has 0 saturated carbocycles. The first-order valence-corrected chi connectivity index (χ1v) is 7.28. The third-order valence-corrected chi connectivity index (χ3v) is 3.96. The van der Waals surface area contributed by atoms with Gasteiger partial charge in [-0.25, -0.2) is 0 Å². The van der Waals surface area contributed by atoms with Gasteiger partial charge in [0.15, 0.2) is 0 Å². The maximum Gasteiger partial charge on any atom is 0.123 e. The van der Waals surface area contributed by atoms with Gasteiger partial charge in [0, 0.05) is 5.56 Å². The Kier molecular flexibility index (Phi) is 4.85. The molecule has 3 heteroatoms. The average molecular weight is 295 g/mol. The Morgan fingerprint density at radius 2 is 1.68 bits per heavy atom. The second kappa shape index (κ2) is 6.64. The summed E-state index contributed by atoms with van der Waals surface area (Å²) in [6.07, 6.45) is -0.887. The summed E-state index contributed by atoms with van der Waals surface area (Å²) < 4.78 is 5.33. The van der Waals surface area contributed by atoms with Crippen LogP contribution in [-0.4, -0.2) is 12.2 Å². The Labute approximate surface area is 131 Å². The molecular formula is C19H21NO2. The molecule has 0 aliphatic rings. The molecule has 0 aliphatic heterocycles. The van der Waals surface area contributed by atoms with Crippen molar-refractivity contribution in [2.24, 2.45) is 0 Å². The Balaban J connectivity index is 2.51. The lowest BCUT2D eigenvalue weighted by atomic mass is 9.85. The van der Waals surface area contributed by atoms with Crippen LogP contribution in [0.15, 0.2) is 36.4 Å². The highest BCUT2D eigenvalue weighted by Crippen LogP contribution is 2.38. The van der Waals surface area contributed by atoms with Gasteiger partial charge in [-0.2, -0.15) is 5.26 Å². The van der Waals surface area contributed by atoms with Gasteiger partial charge in [0.25, 0.3) is 0 Å². The Hall–Kier alpha value is -2.31. The average Bonchev–Trinajstić information content (AvgIpc) is 2.47. The zero-order valence-corrected chi connectivity index (χ0v) is 13.4. The molecule has 0 aromatic heterocycles. The minimum atomic E-state index is -0.887. The number of rotatable bonds is 4. The molecule has 0 amide bonds. The number of aliphatic hydroxyl groups is 1. The molecule has 22 heavy (non-hydrogen) atoms. The van der Waals surface area contributed by atoms with E-state index < -0.39 is 12.0 Å². The van der Waals surface area contributed by atoms with Crippen LogP contribution in [-0.2, 0) is 0 Å². The fourth-order valence-electron chi connectivity index (χ4n) is 3.06. The molecule has 114 valence electrons. The summed E-state index contributed by atoms with van der Waals surface area (Å²) in [4.78, 5) is 0. The predicted octanol–water partition coefficient (Wildman–Crippen LogP) is 3.96. The van der Waals surface area contributed by atoms with E-state index in [0.717, 1.165) is 22.3 Å². The van der Waals surface area contributed by atoms with E-state index in [0.29, 0.717) is 11.3 Å². The van der Waals surface area contributed by atoms with Crippen molar-refractivity contribution >= 4 is 0 Å². The van der Waals surface area contributed by atoms with Gasteiger partial charge in [0.1, 0.15) is 11.7 Å². The number of methoxy groups -OCH3 is 1. The van der Waals surface area contributed by atoms with E-state index in [-0.39, 0.29) is 0 Å². The van der Waals surface area contributed by atoms with Crippen LogP contribution in [0, 0.1) is 32.1 Å². The molecule has 0 radical (unpaired) electrons. The fourth-order valence-corrected chi connectivity index (χ4v) is 3.06. The van der Waals surface area contributed by atoms with Crippen molar-refractivity contribution < 1.29 is 9.84 Å². The molecule has 0 saturated heterocycles. The molecule has 0 bridgehead atoms. The number of aliphatic hydroxyl groups excluding tert-OH is 1. The van der Waals surface area contributed by atoms with Crippen LogP contribution >= 0.6 is 0 Å². The molecule has 2 aromatic rings. The molecule has 1 N–H and O–H groups in total. The highest BCUT2D eigenvalue weighted by molar-refractivity contribution is 5.45. The monoisotopic (exact) mass is 295 g/mol. The summed E-state index contributed by atoms with van der Waals surface area (Å²) in [5.74, 6) is -0.0493. The van der Waals surface area contributed by atoms with Crippen molar-refractivity contribution in [2.45, 2.75) is 32.8 Å². The standard InChI is InChI=1S/C19H21NO2/c1-12-9-13(2)18(14(3)10-12)19(21)16(11-20)15-7-5-6-8-17(15)22-4/h5-10,16,19,21H,1-4H3/t16-,19+/m0/s1. The smallest absolute Gasteiger partial charge is 0.123 e. The van der Waals surface area contributed by atoms with Crippen LogP contribution < -0.4 is 4.74 Å². The summed E-state index contributed by atoms with van der Waals surface area (Å²) in [5, 5.41) is 20.4. The maximum absolute atomic E-state index is 10.8. The first-order chi connectivity index (χ1) is 10.5. The third-order valence-electron chi connectivity index (χ3n) is 3.96. The minimum absolute atomic E-state index is 0.621. The second-order valence-corrected chi connectivity index (χ2v) is 5.61. The van der Waals surface area contributed by atoms with Gasteiger partial charge >= 0.3 is 0 Å². The Morgan fingerprint density at radius 3 is 2.23 bits per heavy atom. The van der Waals surface area contributed by atoms with Crippen molar-refractivity contribution in [3.05, 3.63) is 64.2 Å². The first kappa shape index (κ1) is 16.1. The van der Waals surface area contributed by atoms with E-state index in [2.05, 4.69) is 6.07 Å². The lowest BCUT2D eigenvalue weighted by molar-refractivity contribution is 0.161. The fraction of sp³-hybridized carbons (Fsp3) is 0.316. The van der Waals surface area contributed by atoms with E-state index in [1.807, 2.05) is 51.1 Å². The maximum atomic E-state index is 10.8. The molecule has 0 spiro atoms. The normalized spacial score (nSPS) is 13.3. The number of nitrogens with zero attached hydrogens (tertiary/aromatic N) is 1. The van der Waals surface area contributed by atoms with Crippen LogP contribution in [0.25, 0.3) is 0 Å². The van der Waals surface area contributed by atoms with Crippen molar-refractivity contribution in [2.75, 3.05) is 7.11 Å². The van der Waals surface area contributed by atoms with Gasteiger partial charge in [0.05, 0.1) is 19.3 Å². The molecule has 0 fully saturated rings. The van der Waals surface area contributed by atoms with Crippen molar-refractivity contribution in [1.82, 2.24) is 0 Å². The zero-order chi connectivity index (χ0) is 16.3. The molecule has 0 heterocycles. The van der Waals surface area contributed by atoms with Crippen LogP contribution in [0.1, 0.15) is 39.8 Å². The highest BCUT2D eigenvalue weighted by Gasteiger charge is 2.27. The van der Waals surface area contributed by atoms with Crippen LogP contribution in [0.4, 0.5) is 0 Å². The van der Waals surface area contributed by atoms with E-state index >= 15 is 0 Å². The number of hydrogen-bond donors (Lipinski definition) is 1. The van der Waals surface area contributed by atoms with Gasteiger partial charge in [-0.05, 0) is 43.5 Å². The van der Waals surface area contributed by atoms with Gasteiger partial charge < -0.3 is 9.84 Å². The molecule has 3 nitrogen and oxygen atoms in total. The van der Waals surface area contributed by atoms with E-state index in [1.54, 1.807) is 13.2 Å². The quantitative estimate of drug-likeness (QED) is 0.928. The number of aryl methyl sites for hydroxylation is 3. The van der Waals surface area contributed by atoms with Gasteiger partial charge in [-0.15, -0.1) is 0 Å². The molecule has 2 atom stereocenters. The van der Waals surface area contributed by atoms with Crippen molar-refractivity contribution in [3.63, 3.8) is 0 Å². The van der Waals surface area contributed by atoms with Crippen molar-refractivity contribution in [3.8, 4) is 11.8 Å². The van der Waals surface area contributed by atoms with Gasteiger partial charge in [0.2, 0.25) is 0 Å². The van der Waals surface area contributed by atoms with Gasteiger partial charge in [-0.1, -0.05) is 35.9 Å². The summed E-state index contributed by atoms with van der Waals surface area (Å²) in [6, 6.07) is 13.6. The highest BCUT2D eigenvalue weighted by atomic mass is 16.5. The summed E-state index contributed by atoms with van der Waals surface area (Å²) in [7, 11) is 1.57. The van der Waals surface area contributed by atoms with E-state index in [1.165, 1.54) is 0 Å². The molecule has 2 aromatic carbocycles. The number of hydrogen-bond acceptors (Lipinski definition) is 3. The Morgan fingerprint density at radius 1 is 1.09 bits per heavy atom. The summed E-state index contributed by atoms with van der Waals surface area (Å²) >= 11 is 0. The predicted molar refractivity (Wildman–Crippen MR) is 87.0 cm³/mol. The Bertz CT molecular complexity index is 693. The lowest BCUT2D eigenvalue weighted by Gasteiger charge is -2.23. The largest absolute Gasteiger partial charge is 0.496 e. The van der Waals surface area contributed by atoms with E-state index in [4.69, 9.17) is 4.74 Å². The van der Waals surface area contributed by atoms with Crippen LogP contribution in [0.2, 0.25) is 0 Å². The molecular weight excluding hydrogens is 274 g/mol. The first-order valence-electron chi connectivity index (χ1n) is 7.28. The topological polar surface area (TPSA) is 53.2 Å². The van der Waals surface area contributed by atoms with E-state index in [9.17, 15) is 10.4 Å². The third kappa shape index (κ3) is 2.98. The summed E-state index contributed by atoms with van der Waals surface area (Å²) in [6.45, 7) is 5.96. The van der Waals surface area contributed by atoms with Gasteiger partial charge in [-0.3, -0.25) is 0 Å². The van der Waals surface area contributed by atoms with Crippen LogP contribution in [0.5, 0.6) is 5.75 Å². The lowest BCUT2D eigenvalue weighted by Crippen LogP contribution is -2.13. The number of benzene rings is 2. The molecule has 2 rings (SSSR count). The number of nitriles is 1. The minimum Gasteiger partial charge on any atom is -0.496 e. The summed E-state index contributed by atoms with van der Waals surface area (Å²) in [5.41, 5.74) is 4.68. The van der Waals surface area contributed by atoms with Crippen LogP contribution in [0.3, 0.4) is 0 Å². The molecule has 0 aliphatic carbocycles. The SMILES string of the molecule is COc1ccccc1[C@H](C#N)[C@@H](O)c1c(C)cc(C)cc1C. The molecule has 0 unspecified atom stereocenters. The number of para-hydroxylation sites is 1. The zero-order valence-electron chi connectivity index (χ0n) is 13.4. The number of ether oxygens (including phenoxy) is 1. The second-order valence-electron chi connectivity index (χ2n) is 5.61.